The van der Waals surface area contributed by atoms with Crippen LogP contribution in [0.2, 0.25) is 0 Å². The smallest absolute Gasteiger partial charge is 0.173 e. The highest BCUT2D eigenvalue weighted by molar-refractivity contribution is 5.82. The molecule has 100 valence electrons. The lowest BCUT2D eigenvalue weighted by molar-refractivity contribution is -0.124. The summed E-state index contributed by atoms with van der Waals surface area (Å²) in [6, 6.07) is 6.97. The number of Topliss-reactive ketones (excluding diaryl/α,β-unsaturated/α-hetero) is 1. The van der Waals surface area contributed by atoms with Crippen molar-refractivity contribution in [3.8, 4) is 17.6 Å². The fraction of sp³-hybridized carbons (Fsp3) is 0.467. The second-order valence-corrected chi connectivity index (χ2v) is 4.75. The molecule has 1 aromatic rings. The number of nitriles is 1. The molecule has 0 aromatic heterocycles. The van der Waals surface area contributed by atoms with Crippen LogP contribution in [-0.4, -0.2) is 19.5 Å². The Kier molecular flexibility index (Phi) is 4.40. The van der Waals surface area contributed by atoms with E-state index in [1.54, 1.807) is 18.2 Å². The van der Waals surface area contributed by atoms with Crippen LogP contribution in [0.25, 0.3) is 0 Å². The normalized spacial score (nSPS) is 14.9. The molecule has 2 rings (SSSR count). The van der Waals surface area contributed by atoms with E-state index in [4.69, 9.17) is 14.7 Å². The molecule has 19 heavy (non-hydrogen) atoms. The number of rotatable bonds is 5. The van der Waals surface area contributed by atoms with E-state index in [-0.39, 0.29) is 18.3 Å². The van der Waals surface area contributed by atoms with Crippen LogP contribution < -0.4 is 9.47 Å². The maximum Gasteiger partial charge on any atom is 0.173 e. The molecule has 1 aliphatic carbocycles. The van der Waals surface area contributed by atoms with Crippen LogP contribution in [0.1, 0.15) is 31.2 Å². The number of nitrogens with zero attached hydrogens (tertiary/aromatic N) is 1. The molecule has 0 atom stereocenters. The van der Waals surface area contributed by atoms with Crippen molar-refractivity contribution in [3.63, 3.8) is 0 Å². The van der Waals surface area contributed by atoms with E-state index < -0.39 is 0 Å². The third-order valence-electron chi connectivity index (χ3n) is 3.44. The van der Waals surface area contributed by atoms with E-state index in [9.17, 15) is 4.79 Å². The van der Waals surface area contributed by atoms with Crippen molar-refractivity contribution in [1.82, 2.24) is 0 Å². The van der Waals surface area contributed by atoms with Gasteiger partial charge in [-0.15, -0.1) is 0 Å². The molecule has 0 spiro atoms. The van der Waals surface area contributed by atoms with Crippen molar-refractivity contribution in [2.75, 3.05) is 13.7 Å². The van der Waals surface area contributed by atoms with Crippen LogP contribution in [0.3, 0.4) is 0 Å². The van der Waals surface area contributed by atoms with Crippen molar-refractivity contribution in [3.05, 3.63) is 23.8 Å². The van der Waals surface area contributed by atoms with Gasteiger partial charge in [0.15, 0.2) is 5.78 Å². The van der Waals surface area contributed by atoms with Gasteiger partial charge >= 0.3 is 0 Å². The maximum atomic E-state index is 11.9. The third kappa shape index (κ3) is 3.47. The molecule has 0 saturated heterocycles. The Morgan fingerprint density at radius 3 is 2.63 bits per heavy atom. The fourth-order valence-electron chi connectivity index (χ4n) is 2.36. The minimum Gasteiger partial charge on any atom is -0.497 e. The highest BCUT2D eigenvalue weighted by Gasteiger charge is 2.22. The zero-order valence-corrected chi connectivity index (χ0v) is 11.0. The summed E-state index contributed by atoms with van der Waals surface area (Å²) in [7, 11) is 1.53. The molecule has 4 nitrogen and oxygen atoms in total. The summed E-state index contributed by atoms with van der Waals surface area (Å²) in [5, 5.41) is 8.90. The molecular formula is C15H17NO3. The van der Waals surface area contributed by atoms with Crippen LogP contribution in [0, 0.1) is 17.2 Å². The summed E-state index contributed by atoms with van der Waals surface area (Å²) < 4.78 is 10.6. The molecule has 0 bridgehead atoms. The summed E-state index contributed by atoms with van der Waals surface area (Å²) in [4.78, 5) is 11.9. The van der Waals surface area contributed by atoms with Crippen LogP contribution in [0.5, 0.6) is 11.5 Å². The molecule has 1 aliphatic rings. The molecule has 0 amide bonds. The molecule has 4 heteroatoms. The van der Waals surface area contributed by atoms with Gasteiger partial charge in [0.2, 0.25) is 0 Å². The molecule has 1 saturated carbocycles. The Morgan fingerprint density at radius 2 is 2.00 bits per heavy atom. The van der Waals surface area contributed by atoms with E-state index in [2.05, 4.69) is 0 Å². The molecule has 1 aromatic carbocycles. The lowest BCUT2D eigenvalue weighted by atomic mass is 10.0. The van der Waals surface area contributed by atoms with Crippen molar-refractivity contribution in [2.45, 2.75) is 25.7 Å². The predicted octanol–water partition coefficient (Wildman–Crippen LogP) is 2.70. The van der Waals surface area contributed by atoms with Crippen molar-refractivity contribution < 1.29 is 14.3 Å². The van der Waals surface area contributed by atoms with Crippen LogP contribution in [0.4, 0.5) is 0 Å². The van der Waals surface area contributed by atoms with E-state index >= 15 is 0 Å². The van der Waals surface area contributed by atoms with E-state index in [1.807, 2.05) is 6.07 Å². The standard InChI is InChI=1S/C15H17NO3/c1-18-13-6-11(9-16)7-14(8-13)19-10-15(17)12-4-2-3-5-12/h6-8,12H,2-5,10H2,1H3. The van der Waals surface area contributed by atoms with Crippen LogP contribution in [0.15, 0.2) is 18.2 Å². The van der Waals surface area contributed by atoms with Crippen molar-refractivity contribution >= 4 is 5.78 Å². The molecule has 0 N–H and O–H groups in total. The first-order valence-electron chi connectivity index (χ1n) is 6.47. The SMILES string of the molecule is COc1cc(C#N)cc(OCC(=O)C2CCCC2)c1. The monoisotopic (exact) mass is 259 g/mol. The van der Waals surface area contributed by atoms with Crippen LogP contribution >= 0.6 is 0 Å². The number of hydrogen-bond acceptors (Lipinski definition) is 4. The Bertz CT molecular complexity index is 499. The van der Waals surface area contributed by atoms with Crippen LogP contribution in [-0.2, 0) is 4.79 Å². The molecule has 0 heterocycles. The molecular weight excluding hydrogens is 242 g/mol. The van der Waals surface area contributed by atoms with E-state index in [0.717, 1.165) is 25.7 Å². The van der Waals surface area contributed by atoms with Gasteiger partial charge in [-0.2, -0.15) is 5.26 Å². The number of methoxy groups -OCH3 is 1. The molecule has 0 unspecified atom stereocenters. The minimum atomic E-state index is 0.0721. The lowest BCUT2D eigenvalue weighted by Gasteiger charge is -2.10. The number of ether oxygens (including phenoxy) is 2. The minimum absolute atomic E-state index is 0.0721. The fourth-order valence-corrected chi connectivity index (χ4v) is 2.36. The Morgan fingerprint density at radius 1 is 1.32 bits per heavy atom. The number of hydrogen-bond donors (Lipinski definition) is 0. The lowest BCUT2D eigenvalue weighted by Crippen LogP contribution is -2.19. The van der Waals surface area contributed by atoms with Gasteiger partial charge in [0.25, 0.3) is 0 Å². The average molecular weight is 259 g/mol. The summed E-state index contributed by atoms with van der Waals surface area (Å²) in [5.74, 6) is 1.37. The van der Waals surface area contributed by atoms with Gasteiger partial charge in [-0.25, -0.2) is 0 Å². The number of ketones is 1. The number of carbonyl (C=O) groups excluding carboxylic acids is 1. The van der Waals surface area contributed by atoms with Gasteiger partial charge in [0.05, 0.1) is 18.7 Å². The highest BCUT2D eigenvalue weighted by Crippen LogP contribution is 2.26. The first-order valence-corrected chi connectivity index (χ1v) is 6.47. The Hall–Kier alpha value is -2.02. The largest absolute Gasteiger partial charge is 0.497 e. The number of benzene rings is 1. The van der Waals surface area contributed by atoms with Gasteiger partial charge in [0.1, 0.15) is 18.1 Å². The van der Waals surface area contributed by atoms with E-state index in [0.29, 0.717) is 17.1 Å². The first-order chi connectivity index (χ1) is 9.22. The molecule has 0 aliphatic heterocycles. The zero-order chi connectivity index (χ0) is 13.7. The van der Waals surface area contributed by atoms with Gasteiger partial charge < -0.3 is 9.47 Å². The number of carbonyl (C=O) groups is 1. The second-order valence-electron chi connectivity index (χ2n) is 4.75. The third-order valence-corrected chi connectivity index (χ3v) is 3.44. The van der Waals surface area contributed by atoms with Crippen molar-refractivity contribution in [1.29, 1.82) is 5.26 Å². The summed E-state index contributed by atoms with van der Waals surface area (Å²) >= 11 is 0. The van der Waals surface area contributed by atoms with Gasteiger partial charge in [-0.3, -0.25) is 4.79 Å². The van der Waals surface area contributed by atoms with Crippen molar-refractivity contribution in [2.24, 2.45) is 5.92 Å². The quantitative estimate of drug-likeness (QED) is 0.815. The molecule has 0 radical (unpaired) electrons. The average Bonchev–Trinajstić information content (AvgIpc) is 2.98. The van der Waals surface area contributed by atoms with Gasteiger partial charge in [0, 0.05) is 12.0 Å². The Balaban J connectivity index is 1.98. The summed E-state index contributed by atoms with van der Waals surface area (Å²) in [6.07, 6.45) is 4.22. The van der Waals surface area contributed by atoms with Gasteiger partial charge in [-0.05, 0) is 25.0 Å². The second kappa shape index (κ2) is 6.24. The zero-order valence-electron chi connectivity index (χ0n) is 11.0. The van der Waals surface area contributed by atoms with Gasteiger partial charge in [-0.1, -0.05) is 12.8 Å². The molecule has 1 fully saturated rings. The first kappa shape index (κ1) is 13.4. The highest BCUT2D eigenvalue weighted by atomic mass is 16.5. The predicted molar refractivity (Wildman–Crippen MR) is 70.2 cm³/mol. The Labute approximate surface area is 112 Å². The summed E-state index contributed by atoms with van der Waals surface area (Å²) in [5.41, 5.74) is 0.461. The maximum absolute atomic E-state index is 11.9. The van der Waals surface area contributed by atoms with E-state index in [1.165, 1.54) is 7.11 Å². The topological polar surface area (TPSA) is 59.3 Å². The summed E-state index contributed by atoms with van der Waals surface area (Å²) in [6.45, 7) is 0.0721.